The molecule has 1 unspecified atom stereocenters. The minimum Gasteiger partial charge on any atom is -0.485 e. The molecule has 1 rings (SSSR count). The zero-order chi connectivity index (χ0) is 13.6. The number of unbranched alkanes of at least 4 members (excludes halogenated alkanes) is 3. The fraction of sp³-hybridized carbons (Fsp3) is 0.692. The minimum absolute atomic E-state index is 0.0478. The normalized spacial score (nSPS) is 23.0. The van der Waals surface area contributed by atoms with E-state index in [1.54, 1.807) is 0 Å². The second kappa shape index (κ2) is 6.83. The van der Waals surface area contributed by atoms with Crippen LogP contribution in [-0.4, -0.2) is 27.5 Å². The number of carbonyl (C=O) groups excluding carboxylic acids is 1. The van der Waals surface area contributed by atoms with Gasteiger partial charge in [0.15, 0.2) is 6.61 Å². The molecule has 1 aliphatic heterocycles. The molecule has 0 spiro atoms. The molecule has 0 aliphatic carbocycles. The third kappa shape index (κ3) is 4.37. The number of thioether (sulfide) groups is 1. The Morgan fingerprint density at radius 1 is 1.44 bits per heavy atom. The van der Waals surface area contributed by atoms with E-state index in [2.05, 4.69) is 6.92 Å². The Labute approximate surface area is 112 Å². The Morgan fingerprint density at radius 3 is 2.78 bits per heavy atom. The summed E-state index contributed by atoms with van der Waals surface area (Å²) < 4.78 is 4.84. The second-order valence-corrected chi connectivity index (χ2v) is 6.16. The van der Waals surface area contributed by atoms with Crippen LogP contribution in [0.3, 0.4) is 0 Å². The van der Waals surface area contributed by atoms with E-state index >= 15 is 0 Å². The van der Waals surface area contributed by atoms with Gasteiger partial charge in [-0.1, -0.05) is 44.4 Å². The monoisotopic (exact) mass is 272 g/mol. The van der Waals surface area contributed by atoms with Gasteiger partial charge in [-0.2, -0.15) is 0 Å². The van der Waals surface area contributed by atoms with Crippen molar-refractivity contribution in [2.75, 3.05) is 6.61 Å². The molecule has 0 bridgehead atoms. The third-order valence-electron chi connectivity index (χ3n) is 2.95. The Bertz CT molecular complexity index is 351. The first-order chi connectivity index (χ1) is 8.48. The molecule has 1 aliphatic rings. The Hall–Kier alpha value is -0.970. The lowest BCUT2D eigenvalue weighted by Gasteiger charge is -2.25. The molecule has 5 heteroatoms. The smallest absolute Gasteiger partial charge is 0.341 e. The molecule has 0 aromatic carbocycles. The lowest BCUT2D eigenvalue weighted by atomic mass is 9.99. The van der Waals surface area contributed by atoms with Gasteiger partial charge in [0.1, 0.15) is 5.76 Å². The van der Waals surface area contributed by atoms with Crippen molar-refractivity contribution in [2.24, 2.45) is 0 Å². The van der Waals surface area contributed by atoms with Crippen LogP contribution in [0.15, 0.2) is 11.8 Å². The van der Waals surface area contributed by atoms with E-state index in [9.17, 15) is 9.59 Å². The van der Waals surface area contributed by atoms with Crippen molar-refractivity contribution in [1.82, 2.24) is 0 Å². The molecule has 0 saturated heterocycles. The van der Waals surface area contributed by atoms with Gasteiger partial charge in [0.25, 0.3) is 0 Å². The highest BCUT2D eigenvalue weighted by Crippen LogP contribution is 2.43. The SMILES string of the molecule is CCCCCCC1(C)SC(=O)C=C1OCC(=O)O. The Balaban J connectivity index is 2.53. The zero-order valence-corrected chi connectivity index (χ0v) is 11.7. The van der Waals surface area contributed by atoms with Crippen LogP contribution < -0.4 is 0 Å². The van der Waals surface area contributed by atoms with Crippen LogP contribution in [-0.2, 0) is 14.3 Å². The van der Waals surface area contributed by atoms with E-state index in [-0.39, 0.29) is 16.5 Å². The van der Waals surface area contributed by atoms with Gasteiger partial charge in [-0.25, -0.2) is 4.79 Å². The van der Waals surface area contributed by atoms with Crippen molar-refractivity contribution in [1.29, 1.82) is 0 Å². The molecule has 18 heavy (non-hydrogen) atoms. The van der Waals surface area contributed by atoms with Crippen LogP contribution in [0.5, 0.6) is 0 Å². The molecule has 102 valence electrons. The summed E-state index contributed by atoms with van der Waals surface area (Å²) in [7, 11) is 0. The molecular formula is C13H20O4S. The molecule has 0 radical (unpaired) electrons. The van der Waals surface area contributed by atoms with Crippen molar-refractivity contribution >= 4 is 22.8 Å². The van der Waals surface area contributed by atoms with E-state index in [0.29, 0.717) is 5.76 Å². The predicted molar refractivity (Wildman–Crippen MR) is 71.4 cm³/mol. The topological polar surface area (TPSA) is 63.6 Å². The van der Waals surface area contributed by atoms with Crippen LogP contribution in [0, 0.1) is 0 Å². The molecule has 0 aromatic heterocycles. The first-order valence-electron chi connectivity index (χ1n) is 6.27. The number of hydrogen-bond donors (Lipinski definition) is 1. The maximum absolute atomic E-state index is 11.5. The molecular weight excluding hydrogens is 252 g/mol. The largest absolute Gasteiger partial charge is 0.485 e. The van der Waals surface area contributed by atoms with E-state index in [4.69, 9.17) is 9.84 Å². The number of carbonyl (C=O) groups is 2. The van der Waals surface area contributed by atoms with Crippen molar-refractivity contribution in [3.63, 3.8) is 0 Å². The maximum atomic E-state index is 11.5. The van der Waals surface area contributed by atoms with Crippen LogP contribution in [0.1, 0.15) is 46.0 Å². The summed E-state index contributed by atoms with van der Waals surface area (Å²) in [4.78, 5) is 22.0. The summed E-state index contributed by atoms with van der Waals surface area (Å²) in [5, 5.41) is 8.56. The number of ether oxygens (including phenoxy) is 1. The highest BCUT2D eigenvalue weighted by atomic mass is 32.2. The van der Waals surface area contributed by atoms with Gasteiger partial charge in [0.05, 0.1) is 4.75 Å². The van der Waals surface area contributed by atoms with Crippen molar-refractivity contribution in [3.05, 3.63) is 11.8 Å². The van der Waals surface area contributed by atoms with E-state index in [1.165, 1.54) is 30.7 Å². The lowest BCUT2D eigenvalue weighted by Crippen LogP contribution is -2.23. The first-order valence-corrected chi connectivity index (χ1v) is 7.09. The molecule has 1 heterocycles. The fourth-order valence-corrected chi connectivity index (χ4v) is 3.03. The molecule has 1 atom stereocenters. The predicted octanol–water partition coefficient (Wildman–Crippen LogP) is 2.97. The van der Waals surface area contributed by atoms with Gasteiger partial charge in [0.2, 0.25) is 5.12 Å². The lowest BCUT2D eigenvalue weighted by molar-refractivity contribution is -0.141. The van der Waals surface area contributed by atoms with Gasteiger partial charge in [0, 0.05) is 6.08 Å². The molecule has 4 nitrogen and oxygen atoms in total. The van der Waals surface area contributed by atoms with Gasteiger partial charge >= 0.3 is 5.97 Å². The quantitative estimate of drug-likeness (QED) is 0.688. The summed E-state index contributed by atoms with van der Waals surface area (Å²) in [6.45, 7) is 3.71. The van der Waals surface area contributed by atoms with Crippen LogP contribution in [0.25, 0.3) is 0 Å². The maximum Gasteiger partial charge on any atom is 0.341 e. The summed E-state index contributed by atoms with van der Waals surface area (Å²) in [6, 6.07) is 0. The van der Waals surface area contributed by atoms with E-state index in [0.717, 1.165) is 19.3 Å². The Morgan fingerprint density at radius 2 is 2.17 bits per heavy atom. The summed E-state index contributed by atoms with van der Waals surface area (Å²) in [5.41, 5.74) is 0. The molecule has 0 saturated carbocycles. The number of rotatable bonds is 8. The number of hydrogen-bond acceptors (Lipinski definition) is 4. The Kier molecular flexibility index (Phi) is 5.72. The van der Waals surface area contributed by atoms with Gasteiger partial charge in [-0.05, 0) is 13.3 Å². The highest BCUT2D eigenvalue weighted by molar-refractivity contribution is 8.15. The molecule has 0 aromatic rings. The average molecular weight is 272 g/mol. The second-order valence-electron chi connectivity index (χ2n) is 4.65. The van der Waals surface area contributed by atoms with Gasteiger partial charge in [-0.15, -0.1) is 0 Å². The standard InChI is InChI=1S/C13H20O4S/c1-3-4-5-6-7-13(2)10(8-12(16)18-13)17-9-11(14)15/h8H,3-7,9H2,1-2H3,(H,14,15). The van der Waals surface area contributed by atoms with Gasteiger partial charge in [-0.3, -0.25) is 4.79 Å². The first kappa shape index (κ1) is 15.1. The van der Waals surface area contributed by atoms with Crippen molar-refractivity contribution < 1.29 is 19.4 Å². The van der Waals surface area contributed by atoms with Gasteiger partial charge < -0.3 is 9.84 Å². The van der Waals surface area contributed by atoms with Crippen molar-refractivity contribution in [2.45, 2.75) is 50.7 Å². The van der Waals surface area contributed by atoms with Crippen LogP contribution in [0.2, 0.25) is 0 Å². The molecule has 0 amide bonds. The minimum atomic E-state index is -1.02. The summed E-state index contributed by atoms with van der Waals surface area (Å²) in [5.74, 6) is -0.509. The number of carboxylic acid groups (broad SMARTS) is 1. The average Bonchev–Trinajstić information content (AvgIpc) is 2.57. The number of carboxylic acids is 1. The van der Waals surface area contributed by atoms with E-state index in [1.807, 2.05) is 6.92 Å². The van der Waals surface area contributed by atoms with Crippen LogP contribution in [0.4, 0.5) is 0 Å². The van der Waals surface area contributed by atoms with Crippen molar-refractivity contribution in [3.8, 4) is 0 Å². The van der Waals surface area contributed by atoms with E-state index < -0.39 is 5.97 Å². The van der Waals surface area contributed by atoms with Crippen LogP contribution >= 0.6 is 11.8 Å². The highest BCUT2D eigenvalue weighted by Gasteiger charge is 2.39. The molecule has 1 N–H and O–H groups in total. The number of aliphatic carboxylic acids is 1. The third-order valence-corrected chi connectivity index (χ3v) is 4.13. The summed E-state index contributed by atoms with van der Waals surface area (Å²) >= 11 is 1.24. The zero-order valence-electron chi connectivity index (χ0n) is 10.9. The molecule has 0 fully saturated rings. The summed E-state index contributed by atoms with van der Waals surface area (Å²) in [6.07, 6.45) is 6.78. The fourth-order valence-electron chi connectivity index (χ4n) is 1.96.